The number of halogens is 1. The maximum absolute atomic E-state index is 6.18. The Morgan fingerprint density at radius 2 is 2.21 bits per heavy atom. The highest BCUT2D eigenvalue weighted by Gasteiger charge is 2.25. The van der Waals surface area contributed by atoms with E-state index in [4.69, 9.17) is 5.73 Å². The Labute approximate surface area is 93.8 Å². The van der Waals surface area contributed by atoms with E-state index in [1.807, 2.05) is 0 Å². The Kier molecular flexibility index (Phi) is 2.93. The van der Waals surface area contributed by atoms with Gasteiger partial charge in [0.1, 0.15) is 0 Å². The van der Waals surface area contributed by atoms with Gasteiger partial charge >= 0.3 is 0 Å². The van der Waals surface area contributed by atoms with Crippen molar-refractivity contribution in [1.82, 2.24) is 0 Å². The van der Waals surface area contributed by atoms with Gasteiger partial charge in [-0.25, -0.2) is 0 Å². The lowest BCUT2D eigenvalue weighted by atomic mass is 9.98. The van der Waals surface area contributed by atoms with Crippen LogP contribution in [0.5, 0.6) is 0 Å². The van der Waals surface area contributed by atoms with Crippen molar-refractivity contribution in [1.29, 1.82) is 0 Å². The van der Waals surface area contributed by atoms with Crippen molar-refractivity contribution in [3.05, 3.63) is 33.8 Å². The SMILES string of the molecule is Cc1c(Br)cccc1[C@@H](N)CC1CC1. The molecule has 0 aliphatic heterocycles. The molecule has 0 saturated heterocycles. The molecule has 2 N–H and O–H groups in total. The van der Waals surface area contributed by atoms with Crippen LogP contribution in [0.2, 0.25) is 0 Å². The Morgan fingerprint density at radius 3 is 2.86 bits per heavy atom. The molecule has 2 heteroatoms. The summed E-state index contributed by atoms with van der Waals surface area (Å²) in [4.78, 5) is 0. The molecule has 0 unspecified atom stereocenters. The van der Waals surface area contributed by atoms with E-state index >= 15 is 0 Å². The summed E-state index contributed by atoms with van der Waals surface area (Å²) in [5, 5.41) is 0. The van der Waals surface area contributed by atoms with Gasteiger partial charge in [-0.1, -0.05) is 40.9 Å². The second kappa shape index (κ2) is 4.03. The Balaban J connectivity index is 2.16. The van der Waals surface area contributed by atoms with Crippen LogP contribution in [0.25, 0.3) is 0 Å². The van der Waals surface area contributed by atoms with E-state index in [1.165, 1.54) is 28.4 Å². The van der Waals surface area contributed by atoms with Gasteiger partial charge in [0.2, 0.25) is 0 Å². The van der Waals surface area contributed by atoms with Crippen molar-refractivity contribution < 1.29 is 0 Å². The van der Waals surface area contributed by atoms with Crippen molar-refractivity contribution in [2.45, 2.75) is 32.2 Å². The Morgan fingerprint density at radius 1 is 1.50 bits per heavy atom. The summed E-state index contributed by atoms with van der Waals surface area (Å²) in [6.45, 7) is 2.13. The molecule has 0 heterocycles. The van der Waals surface area contributed by atoms with Gasteiger partial charge in [0, 0.05) is 10.5 Å². The summed E-state index contributed by atoms with van der Waals surface area (Å²) in [6, 6.07) is 6.51. The molecule has 76 valence electrons. The molecule has 1 atom stereocenters. The average molecular weight is 254 g/mol. The van der Waals surface area contributed by atoms with Gasteiger partial charge in [0.25, 0.3) is 0 Å². The summed E-state index contributed by atoms with van der Waals surface area (Å²) < 4.78 is 1.17. The topological polar surface area (TPSA) is 26.0 Å². The third kappa shape index (κ3) is 2.18. The predicted octanol–water partition coefficient (Wildman–Crippen LogP) is 3.56. The van der Waals surface area contributed by atoms with Gasteiger partial charge in [-0.3, -0.25) is 0 Å². The number of hydrogen-bond donors (Lipinski definition) is 1. The molecule has 0 bridgehead atoms. The molecule has 1 nitrogen and oxygen atoms in total. The van der Waals surface area contributed by atoms with E-state index in [-0.39, 0.29) is 6.04 Å². The highest BCUT2D eigenvalue weighted by Crippen LogP contribution is 2.37. The lowest BCUT2D eigenvalue weighted by Crippen LogP contribution is -2.12. The number of rotatable bonds is 3. The van der Waals surface area contributed by atoms with Gasteiger partial charge in [0.05, 0.1) is 0 Å². The highest BCUT2D eigenvalue weighted by atomic mass is 79.9. The summed E-state index contributed by atoms with van der Waals surface area (Å²) in [5.41, 5.74) is 8.77. The third-order valence-electron chi connectivity index (χ3n) is 2.99. The molecule has 14 heavy (non-hydrogen) atoms. The molecule has 1 saturated carbocycles. The standard InChI is InChI=1S/C12H16BrN/c1-8-10(3-2-4-11(8)13)12(14)7-9-5-6-9/h2-4,9,12H,5-7,14H2,1H3/t12-/m0/s1. The molecule has 1 aliphatic carbocycles. The van der Waals surface area contributed by atoms with E-state index in [0.29, 0.717) is 0 Å². The van der Waals surface area contributed by atoms with Crippen molar-refractivity contribution >= 4 is 15.9 Å². The summed E-state index contributed by atoms with van der Waals surface area (Å²) in [5.74, 6) is 0.892. The van der Waals surface area contributed by atoms with Crippen LogP contribution in [-0.4, -0.2) is 0 Å². The normalized spacial score (nSPS) is 18.2. The van der Waals surface area contributed by atoms with Gasteiger partial charge < -0.3 is 5.73 Å². The fourth-order valence-electron chi connectivity index (χ4n) is 1.87. The summed E-state index contributed by atoms with van der Waals surface area (Å²) in [7, 11) is 0. The number of nitrogens with two attached hydrogens (primary N) is 1. The number of benzene rings is 1. The fourth-order valence-corrected chi connectivity index (χ4v) is 2.25. The highest BCUT2D eigenvalue weighted by molar-refractivity contribution is 9.10. The molecule has 1 aliphatic rings. The van der Waals surface area contributed by atoms with Crippen LogP contribution in [-0.2, 0) is 0 Å². The molecule has 1 aromatic carbocycles. The lowest BCUT2D eigenvalue weighted by molar-refractivity contribution is 0.594. The minimum atomic E-state index is 0.222. The fraction of sp³-hybridized carbons (Fsp3) is 0.500. The van der Waals surface area contributed by atoms with Crippen LogP contribution >= 0.6 is 15.9 Å². The average Bonchev–Trinajstić information content (AvgIpc) is 2.93. The van der Waals surface area contributed by atoms with Crippen LogP contribution in [0, 0.1) is 12.8 Å². The van der Waals surface area contributed by atoms with Crippen molar-refractivity contribution in [2.24, 2.45) is 11.7 Å². The van der Waals surface area contributed by atoms with Crippen LogP contribution in [0.1, 0.15) is 36.4 Å². The van der Waals surface area contributed by atoms with E-state index in [9.17, 15) is 0 Å². The first-order valence-corrected chi connectivity index (χ1v) is 5.98. The first-order valence-electron chi connectivity index (χ1n) is 5.19. The third-order valence-corrected chi connectivity index (χ3v) is 3.85. The smallest absolute Gasteiger partial charge is 0.0300 e. The minimum absolute atomic E-state index is 0.222. The van der Waals surface area contributed by atoms with Crippen molar-refractivity contribution in [3.8, 4) is 0 Å². The molecular formula is C12H16BrN. The molecule has 1 fully saturated rings. The van der Waals surface area contributed by atoms with Crippen molar-refractivity contribution in [2.75, 3.05) is 0 Å². The zero-order chi connectivity index (χ0) is 10.1. The molecular weight excluding hydrogens is 238 g/mol. The Bertz CT molecular complexity index is 331. The second-order valence-corrected chi connectivity index (χ2v) is 5.09. The second-order valence-electron chi connectivity index (χ2n) is 4.24. The van der Waals surface area contributed by atoms with Crippen molar-refractivity contribution in [3.63, 3.8) is 0 Å². The molecule has 0 spiro atoms. The molecule has 0 radical (unpaired) electrons. The zero-order valence-corrected chi connectivity index (χ0v) is 10.0. The van der Waals surface area contributed by atoms with Gasteiger partial charge in [-0.05, 0) is 36.5 Å². The van der Waals surface area contributed by atoms with E-state index < -0.39 is 0 Å². The molecule has 0 amide bonds. The maximum Gasteiger partial charge on any atom is 0.0300 e. The minimum Gasteiger partial charge on any atom is -0.324 e. The van der Waals surface area contributed by atoms with Gasteiger partial charge in [-0.15, -0.1) is 0 Å². The predicted molar refractivity (Wildman–Crippen MR) is 63.1 cm³/mol. The first kappa shape index (κ1) is 10.2. The molecule has 1 aromatic rings. The Hall–Kier alpha value is -0.340. The zero-order valence-electron chi connectivity index (χ0n) is 8.46. The van der Waals surface area contributed by atoms with Gasteiger partial charge in [0.15, 0.2) is 0 Å². The van der Waals surface area contributed by atoms with E-state index in [1.54, 1.807) is 0 Å². The van der Waals surface area contributed by atoms with Crippen LogP contribution in [0.3, 0.4) is 0 Å². The summed E-state index contributed by atoms with van der Waals surface area (Å²) >= 11 is 3.54. The maximum atomic E-state index is 6.18. The lowest BCUT2D eigenvalue weighted by Gasteiger charge is -2.15. The van der Waals surface area contributed by atoms with Gasteiger partial charge in [-0.2, -0.15) is 0 Å². The summed E-state index contributed by atoms with van der Waals surface area (Å²) in [6.07, 6.45) is 3.90. The number of hydrogen-bond acceptors (Lipinski definition) is 1. The monoisotopic (exact) mass is 253 g/mol. The largest absolute Gasteiger partial charge is 0.324 e. The molecule has 2 rings (SSSR count). The quantitative estimate of drug-likeness (QED) is 0.876. The van der Waals surface area contributed by atoms with Crippen LogP contribution in [0.4, 0.5) is 0 Å². The van der Waals surface area contributed by atoms with Crippen LogP contribution < -0.4 is 5.73 Å². The van der Waals surface area contributed by atoms with Crippen LogP contribution in [0.15, 0.2) is 22.7 Å². The van der Waals surface area contributed by atoms with E-state index in [0.717, 1.165) is 12.3 Å². The van der Waals surface area contributed by atoms with E-state index in [2.05, 4.69) is 41.1 Å². The molecule has 0 aromatic heterocycles. The first-order chi connectivity index (χ1) is 6.68.